The van der Waals surface area contributed by atoms with Gasteiger partial charge in [0.25, 0.3) is 11.5 Å². The number of hydrogen-bond donors (Lipinski definition) is 2. The lowest BCUT2D eigenvalue weighted by molar-refractivity contribution is -0.192. The number of aliphatic carboxylic acids is 1. The van der Waals surface area contributed by atoms with Crippen molar-refractivity contribution in [3.8, 4) is 0 Å². The lowest BCUT2D eigenvalue weighted by atomic mass is 10.3. The van der Waals surface area contributed by atoms with E-state index in [2.05, 4.69) is 15.5 Å². The van der Waals surface area contributed by atoms with E-state index in [1.165, 1.54) is 6.33 Å². The maximum absolute atomic E-state index is 12.3. The van der Waals surface area contributed by atoms with Gasteiger partial charge in [0.15, 0.2) is 5.82 Å². The van der Waals surface area contributed by atoms with E-state index in [9.17, 15) is 22.4 Å². The summed E-state index contributed by atoms with van der Waals surface area (Å²) in [6.07, 6.45) is -3.59. The monoisotopic (exact) mass is 370 g/mol. The molecule has 0 aliphatic rings. The van der Waals surface area contributed by atoms with Crippen LogP contribution in [-0.2, 0) is 16.6 Å². The maximum Gasteiger partial charge on any atom is 0.490 e. The van der Waals surface area contributed by atoms with E-state index < -0.39 is 29.7 Å². The quantitative estimate of drug-likeness (QED) is 0.621. The molecule has 0 saturated carbocycles. The van der Waals surface area contributed by atoms with Crippen LogP contribution in [0.3, 0.4) is 0 Å². The molecule has 0 saturated heterocycles. The van der Waals surface area contributed by atoms with Gasteiger partial charge in [0.2, 0.25) is 0 Å². The van der Waals surface area contributed by atoms with Crippen molar-refractivity contribution >= 4 is 35.9 Å². The average molecular weight is 371 g/mol. The van der Waals surface area contributed by atoms with Gasteiger partial charge >= 0.3 is 12.1 Å². The minimum Gasteiger partial charge on any atom is -0.475 e. The Morgan fingerprint density at radius 3 is 2.18 bits per heavy atom. The second-order valence-corrected chi connectivity index (χ2v) is 4.02. The first kappa shape index (κ1) is 22.7. The molecule has 1 aromatic rings. The highest BCUT2D eigenvalue weighted by atomic mass is 35.5. The second kappa shape index (κ2) is 9.41. The summed E-state index contributed by atoms with van der Waals surface area (Å²) in [5.41, 5.74) is -2.04. The molecule has 0 aromatic carbocycles. The van der Waals surface area contributed by atoms with Crippen LogP contribution in [0.25, 0.3) is 0 Å². The minimum atomic E-state index is -5.08. The highest BCUT2D eigenvalue weighted by molar-refractivity contribution is 6.29. The average Bonchev–Trinajstić information content (AvgIpc) is 2.74. The summed E-state index contributed by atoms with van der Waals surface area (Å²) >= 11 is 4.95. The Labute approximate surface area is 133 Å². The molecule has 0 fully saturated rings. The number of aryl methyl sites for hydroxylation is 1. The lowest BCUT2D eigenvalue weighted by Crippen LogP contribution is -2.32. The van der Waals surface area contributed by atoms with Crippen molar-refractivity contribution in [2.75, 3.05) is 0 Å². The molecule has 128 valence electrons. The topological polar surface area (TPSA) is 97.1 Å². The fourth-order valence-electron chi connectivity index (χ4n) is 1.03. The molecule has 2 N–H and O–H groups in total. The molecule has 0 spiro atoms. The van der Waals surface area contributed by atoms with Crippen molar-refractivity contribution in [3.05, 3.63) is 12.2 Å². The van der Waals surface area contributed by atoms with Crippen LogP contribution in [0.1, 0.15) is 18.8 Å². The van der Waals surface area contributed by atoms with Crippen LogP contribution in [0.2, 0.25) is 0 Å². The number of nitrogens with one attached hydrogen (secondary N) is 1. The molecule has 0 bridgehead atoms. The van der Waals surface area contributed by atoms with Gasteiger partial charge in [-0.15, -0.1) is 22.6 Å². The molecule has 0 radical (unpaired) electrons. The number of aromatic nitrogens is 3. The van der Waals surface area contributed by atoms with Crippen LogP contribution >= 0.6 is 24.0 Å². The molecule has 1 heterocycles. The zero-order valence-corrected chi connectivity index (χ0v) is 12.7. The van der Waals surface area contributed by atoms with Crippen molar-refractivity contribution in [1.82, 2.24) is 20.1 Å². The molecule has 1 amide bonds. The zero-order valence-electron chi connectivity index (χ0n) is 11.1. The van der Waals surface area contributed by atoms with Crippen LogP contribution < -0.4 is 5.32 Å². The molecule has 2 atom stereocenters. The van der Waals surface area contributed by atoms with Gasteiger partial charge in [-0.2, -0.15) is 13.2 Å². The van der Waals surface area contributed by atoms with Crippen LogP contribution in [0.15, 0.2) is 6.33 Å². The summed E-state index contributed by atoms with van der Waals surface area (Å²) < 4.78 is 45.7. The molecule has 13 heteroatoms. The van der Waals surface area contributed by atoms with Gasteiger partial charge in [0.1, 0.15) is 6.33 Å². The number of nitrogens with zero attached hydrogens (tertiary/aromatic N) is 3. The predicted octanol–water partition coefficient (Wildman–Crippen LogP) is 1.58. The van der Waals surface area contributed by atoms with Gasteiger partial charge in [0, 0.05) is 7.05 Å². The number of amides is 1. The Balaban J connectivity index is 0. The van der Waals surface area contributed by atoms with Gasteiger partial charge in [-0.1, -0.05) is 11.6 Å². The Hall–Kier alpha value is -1.62. The predicted molar refractivity (Wildman–Crippen MR) is 69.2 cm³/mol. The third-order valence-electron chi connectivity index (χ3n) is 1.93. The van der Waals surface area contributed by atoms with E-state index in [0.717, 1.165) is 0 Å². The van der Waals surface area contributed by atoms with Gasteiger partial charge in [0.05, 0.1) is 6.04 Å². The number of rotatable bonds is 3. The molecule has 2 unspecified atom stereocenters. The lowest BCUT2D eigenvalue weighted by Gasteiger charge is -2.12. The van der Waals surface area contributed by atoms with E-state index in [-0.39, 0.29) is 12.4 Å². The molecule has 1 aromatic heterocycles. The van der Waals surface area contributed by atoms with Crippen molar-refractivity contribution in [3.63, 3.8) is 0 Å². The number of carboxylic acid groups (broad SMARTS) is 1. The van der Waals surface area contributed by atoms with Crippen LogP contribution in [0, 0.1) is 0 Å². The van der Waals surface area contributed by atoms with E-state index >= 15 is 0 Å². The normalized spacial score (nSPS) is 13.0. The van der Waals surface area contributed by atoms with Gasteiger partial charge in [-0.3, -0.25) is 4.79 Å². The molecule has 22 heavy (non-hydrogen) atoms. The largest absolute Gasteiger partial charge is 0.490 e. The minimum absolute atomic E-state index is 0. The van der Waals surface area contributed by atoms with Crippen molar-refractivity contribution < 1.29 is 32.3 Å². The fourth-order valence-corrected chi connectivity index (χ4v) is 1.09. The highest BCUT2D eigenvalue weighted by Crippen LogP contribution is 2.13. The summed E-state index contributed by atoms with van der Waals surface area (Å²) in [6, 6.07) is -0.424. The molecule has 1 rings (SSSR count). The molecule has 0 aliphatic carbocycles. The summed E-state index contributed by atoms with van der Waals surface area (Å²) in [5.74, 6) is -3.09. The van der Waals surface area contributed by atoms with Gasteiger partial charge in [-0.05, 0) is 6.92 Å². The first-order valence-electron chi connectivity index (χ1n) is 5.19. The van der Waals surface area contributed by atoms with E-state index in [1.54, 1.807) is 18.5 Å². The maximum atomic E-state index is 12.3. The number of hydrogen-bond acceptors (Lipinski definition) is 4. The SMILES string of the molecule is CC(NC(=O)C(F)Cl)c1nncn1C.Cl.O=C(O)C(F)(F)F. The molecule has 7 nitrogen and oxygen atoms in total. The molecular weight excluding hydrogens is 359 g/mol. The Morgan fingerprint density at radius 1 is 1.45 bits per heavy atom. The van der Waals surface area contributed by atoms with E-state index in [1.807, 2.05) is 0 Å². The number of alkyl halides is 5. The van der Waals surface area contributed by atoms with E-state index in [0.29, 0.717) is 5.82 Å². The summed E-state index contributed by atoms with van der Waals surface area (Å²) in [4.78, 5) is 19.8. The van der Waals surface area contributed by atoms with Gasteiger partial charge in [-0.25, -0.2) is 9.18 Å². The van der Waals surface area contributed by atoms with Crippen molar-refractivity contribution in [2.24, 2.45) is 7.05 Å². The summed E-state index contributed by atoms with van der Waals surface area (Å²) in [6.45, 7) is 1.67. The summed E-state index contributed by atoms with van der Waals surface area (Å²) in [7, 11) is 1.73. The Morgan fingerprint density at radius 2 is 1.91 bits per heavy atom. The number of carbonyl (C=O) groups is 2. The number of carboxylic acids is 1. The van der Waals surface area contributed by atoms with Gasteiger partial charge < -0.3 is 15.0 Å². The first-order chi connectivity index (χ1) is 9.46. The van der Waals surface area contributed by atoms with E-state index in [4.69, 9.17) is 21.5 Å². The third kappa shape index (κ3) is 7.98. The third-order valence-corrected chi connectivity index (χ3v) is 2.13. The summed E-state index contributed by atoms with van der Waals surface area (Å²) in [5, 5.41) is 16.9. The fraction of sp³-hybridized carbons (Fsp3) is 0.556. The van der Waals surface area contributed by atoms with Crippen LogP contribution in [0.5, 0.6) is 0 Å². The van der Waals surface area contributed by atoms with Crippen LogP contribution in [-0.4, -0.2) is 43.6 Å². The first-order valence-corrected chi connectivity index (χ1v) is 5.63. The van der Waals surface area contributed by atoms with Crippen molar-refractivity contribution in [2.45, 2.75) is 24.8 Å². The number of halogens is 6. The Bertz CT molecular complexity index is 495. The van der Waals surface area contributed by atoms with Crippen LogP contribution in [0.4, 0.5) is 17.6 Å². The van der Waals surface area contributed by atoms with Crippen molar-refractivity contribution in [1.29, 1.82) is 0 Å². The smallest absolute Gasteiger partial charge is 0.475 e. The standard InChI is InChI=1S/C7H10ClFN4O.C2HF3O2.ClH/c1-4(11-7(14)5(8)9)6-12-10-3-13(6)2;3-2(4,5)1(6)7;/h3-5H,1-2H3,(H,11,14);(H,6,7);1H. The zero-order chi connectivity index (χ0) is 16.8. The molecule has 0 aliphatic heterocycles. The highest BCUT2D eigenvalue weighted by Gasteiger charge is 2.38. The Kier molecular flexibility index (Phi) is 9.69. The molecular formula is C9H12Cl2F4N4O3. The second-order valence-electron chi connectivity index (χ2n) is 3.63. The number of carbonyl (C=O) groups excluding carboxylic acids is 1.